The van der Waals surface area contributed by atoms with Crippen molar-refractivity contribution in [1.29, 1.82) is 0 Å². The predicted octanol–water partition coefficient (Wildman–Crippen LogP) is 3.41. The Morgan fingerprint density at radius 1 is 1.15 bits per heavy atom. The van der Waals surface area contributed by atoms with Gasteiger partial charge in [-0.25, -0.2) is 8.42 Å². The average molecular weight is 439 g/mol. The first-order valence-corrected chi connectivity index (χ1v) is 10.4. The lowest BCUT2D eigenvalue weighted by molar-refractivity contribution is -0.145. The number of benzene rings is 2. The monoisotopic (exact) mass is 438 g/mol. The molecular weight excluding hydrogens is 420 g/mol. The molecule has 0 bridgehead atoms. The number of sulfone groups is 1. The summed E-state index contributed by atoms with van der Waals surface area (Å²) in [5.41, 5.74) is 0.116. The van der Waals surface area contributed by atoms with E-state index < -0.39 is 32.4 Å². The molecule has 0 saturated heterocycles. The number of carbonyl (C=O) groups is 1. The van der Waals surface area contributed by atoms with Gasteiger partial charge in [-0.15, -0.1) is 0 Å². The molecule has 0 heterocycles. The predicted molar refractivity (Wildman–Crippen MR) is 101 cm³/mol. The van der Waals surface area contributed by atoms with E-state index in [4.69, 9.17) is 4.74 Å². The van der Waals surface area contributed by atoms with E-state index in [1.54, 1.807) is 36.4 Å². The van der Waals surface area contributed by atoms with E-state index in [0.717, 1.165) is 10.0 Å². The molecule has 3 atom stereocenters. The van der Waals surface area contributed by atoms with Gasteiger partial charge in [-0.2, -0.15) is 0 Å². The minimum absolute atomic E-state index is 0.134. The summed E-state index contributed by atoms with van der Waals surface area (Å²) in [5.74, 6) is -1.83. The van der Waals surface area contributed by atoms with Gasteiger partial charge in [-0.05, 0) is 36.8 Å². The molecule has 1 N–H and O–H groups in total. The third kappa shape index (κ3) is 2.98. The van der Waals surface area contributed by atoms with Crippen molar-refractivity contribution in [3.8, 4) is 0 Å². The number of aryl methyl sites for hydroxylation is 1. The minimum Gasteiger partial charge on any atom is -0.481 e. The number of hydrogen-bond donors (Lipinski definition) is 1. The summed E-state index contributed by atoms with van der Waals surface area (Å²) in [6.45, 7) is 1.70. The minimum atomic E-state index is -3.84. The molecule has 2 aromatic rings. The van der Waals surface area contributed by atoms with Crippen LogP contribution >= 0.6 is 15.9 Å². The van der Waals surface area contributed by atoms with Gasteiger partial charge in [-0.1, -0.05) is 45.8 Å². The highest BCUT2D eigenvalue weighted by Gasteiger charge is 2.76. The maximum Gasteiger partial charge on any atom is 0.314 e. The van der Waals surface area contributed by atoms with E-state index >= 15 is 0 Å². The van der Waals surface area contributed by atoms with Crippen molar-refractivity contribution in [2.24, 2.45) is 5.41 Å². The molecule has 1 saturated carbocycles. The number of hydrogen-bond acceptors (Lipinski definition) is 4. The van der Waals surface area contributed by atoms with Gasteiger partial charge in [0.25, 0.3) is 0 Å². The number of carboxylic acids is 1. The van der Waals surface area contributed by atoms with Crippen LogP contribution in [0.15, 0.2) is 57.9 Å². The Morgan fingerprint density at radius 3 is 2.23 bits per heavy atom. The highest BCUT2D eigenvalue weighted by molar-refractivity contribution is 9.10. The molecule has 0 spiro atoms. The molecule has 0 amide bonds. The summed E-state index contributed by atoms with van der Waals surface area (Å²) in [7, 11) is -2.45. The zero-order valence-electron chi connectivity index (χ0n) is 14.3. The van der Waals surface area contributed by atoms with Crippen molar-refractivity contribution in [2.75, 3.05) is 13.7 Å². The third-order valence-corrected chi connectivity index (χ3v) is 7.77. The molecule has 2 aromatic carbocycles. The van der Waals surface area contributed by atoms with Crippen LogP contribution in [0.1, 0.15) is 17.0 Å². The van der Waals surface area contributed by atoms with Crippen LogP contribution in [0.3, 0.4) is 0 Å². The zero-order chi connectivity index (χ0) is 19.1. The van der Waals surface area contributed by atoms with Gasteiger partial charge < -0.3 is 9.84 Å². The van der Waals surface area contributed by atoms with Crippen LogP contribution in [0.4, 0.5) is 0 Å². The van der Waals surface area contributed by atoms with Crippen LogP contribution in [0, 0.1) is 12.3 Å². The van der Waals surface area contributed by atoms with E-state index in [0.29, 0.717) is 5.56 Å². The quantitative estimate of drug-likeness (QED) is 0.746. The highest BCUT2D eigenvalue weighted by Crippen LogP contribution is 2.64. The fourth-order valence-corrected chi connectivity index (χ4v) is 6.23. The van der Waals surface area contributed by atoms with E-state index in [9.17, 15) is 18.3 Å². The molecule has 1 aliphatic carbocycles. The van der Waals surface area contributed by atoms with Gasteiger partial charge in [0.2, 0.25) is 0 Å². The van der Waals surface area contributed by atoms with Crippen LogP contribution < -0.4 is 0 Å². The van der Waals surface area contributed by atoms with Gasteiger partial charge in [-0.3, -0.25) is 4.79 Å². The zero-order valence-corrected chi connectivity index (χ0v) is 16.7. The number of carboxylic acid groups (broad SMARTS) is 1. The summed E-state index contributed by atoms with van der Waals surface area (Å²) < 4.78 is 32.4. The first kappa shape index (κ1) is 19.1. The van der Waals surface area contributed by atoms with Gasteiger partial charge in [0.1, 0.15) is 5.41 Å². The first-order chi connectivity index (χ1) is 12.2. The van der Waals surface area contributed by atoms with E-state index in [1.165, 1.54) is 19.2 Å². The fraction of sp³-hybridized carbons (Fsp3) is 0.316. The van der Waals surface area contributed by atoms with Gasteiger partial charge in [0.05, 0.1) is 16.8 Å². The molecular formula is C19H19BrO5S. The van der Waals surface area contributed by atoms with Crippen molar-refractivity contribution >= 4 is 31.7 Å². The second kappa shape index (κ2) is 6.79. The van der Waals surface area contributed by atoms with Crippen LogP contribution in [-0.2, 0) is 19.4 Å². The Kier molecular flexibility index (Phi) is 4.98. The fourth-order valence-electron chi connectivity index (χ4n) is 3.60. The molecule has 0 aliphatic heterocycles. The summed E-state index contributed by atoms with van der Waals surface area (Å²) in [6, 6.07) is 13.6. The third-order valence-electron chi connectivity index (χ3n) is 4.95. The SMILES string of the molecule is COC[C@]1(C(=O)O)[C@H](c2ccc(Br)cc2)[C@H]1S(=O)(=O)c1ccc(C)cc1. The van der Waals surface area contributed by atoms with Gasteiger partial charge in [0, 0.05) is 17.5 Å². The second-order valence-electron chi connectivity index (χ2n) is 6.59. The van der Waals surface area contributed by atoms with E-state index in [1.807, 2.05) is 6.92 Å². The smallest absolute Gasteiger partial charge is 0.314 e. The van der Waals surface area contributed by atoms with Crippen LogP contribution in [0.2, 0.25) is 0 Å². The summed E-state index contributed by atoms with van der Waals surface area (Å²) in [5, 5.41) is 8.82. The van der Waals surface area contributed by atoms with Crippen molar-refractivity contribution in [3.05, 3.63) is 64.1 Å². The van der Waals surface area contributed by atoms with Crippen molar-refractivity contribution in [2.45, 2.75) is 23.0 Å². The molecule has 138 valence electrons. The Bertz CT molecular complexity index is 921. The molecule has 7 heteroatoms. The van der Waals surface area contributed by atoms with E-state index in [-0.39, 0.29) is 11.5 Å². The Balaban J connectivity index is 2.11. The number of methoxy groups -OCH3 is 1. The number of rotatable bonds is 6. The molecule has 0 unspecified atom stereocenters. The summed E-state index contributed by atoms with van der Waals surface area (Å²) in [6.07, 6.45) is 0. The Morgan fingerprint density at radius 2 is 1.73 bits per heavy atom. The summed E-state index contributed by atoms with van der Waals surface area (Å²) >= 11 is 3.34. The van der Waals surface area contributed by atoms with Crippen molar-refractivity contribution in [3.63, 3.8) is 0 Å². The van der Waals surface area contributed by atoms with Gasteiger partial charge in [0.15, 0.2) is 9.84 Å². The van der Waals surface area contributed by atoms with Crippen molar-refractivity contribution < 1.29 is 23.1 Å². The molecule has 0 aromatic heterocycles. The maximum absolute atomic E-state index is 13.2. The maximum atomic E-state index is 13.2. The lowest BCUT2D eigenvalue weighted by Gasteiger charge is -2.12. The summed E-state index contributed by atoms with van der Waals surface area (Å²) in [4.78, 5) is 12.2. The average Bonchev–Trinajstić information content (AvgIpc) is 3.27. The Hall–Kier alpha value is -1.70. The highest BCUT2D eigenvalue weighted by atomic mass is 79.9. The standard InChI is InChI=1S/C19H19BrO5S/c1-12-3-9-15(10-4-12)26(23,24)17-16(13-5-7-14(20)8-6-13)19(17,11-25-2)18(21)22/h3-10,16-17H,11H2,1-2H3,(H,21,22)/t16-,17-,19+/m1/s1. The lowest BCUT2D eigenvalue weighted by Crippen LogP contribution is -2.28. The van der Waals surface area contributed by atoms with Crippen LogP contribution in [0.5, 0.6) is 0 Å². The molecule has 5 nitrogen and oxygen atoms in total. The van der Waals surface area contributed by atoms with E-state index in [2.05, 4.69) is 15.9 Å². The lowest BCUT2D eigenvalue weighted by atomic mass is 10.0. The number of aliphatic carboxylic acids is 1. The van der Waals surface area contributed by atoms with Gasteiger partial charge >= 0.3 is 5.97 Å². The number of halogens is 1. The Labute approximate surface area is 161 Å². The molecule has 0 radical (unpaired) electrons. The number of ether oxygens (including phenoxy) is 1. The second-order valence-corrected chi connectivity index (χ2v) is 9.57. The van der Waals surface area contributed by atoms with Crippen molar-refractivity contribution in [1.82, 2.24) is 0 Å². The topological polar surface area (TPSA) is 80.7 Å². The molecule has 3 rings (SSSR count). The molecule has 1 aliphatic rings. The van der Waals surface area contributed by atoms with Crippen LogP contribution in [0.25, 0.3) is 0 Å². The largest absolute Gasteiger partial charge is 0.481 e. The normalized spacial score (nSPS) is 25.0. The molecule has 26 heavy (non-hydrogen) atoms. The van der Waals surface area contributed by atoms with Crippen LogP contribution in [-0.4, -0.2) is 38.5 Å². The first-order valence-electron chi connectivity index (χ1n) is 8.03. The molecule has 1 fully saturated rings.